The Morgan fingerprint density at radius 3 is 2.36 bits per heavy atom. The summed E-state index contributed by atoms with van der Waals surface area (Å²) in [4.78, 5) is 63.8. The predicted molar refractivity (Wildman–Crippen MR) is 215 cm³/mol. The van der Waals surface area contributed by atoms with Gasteiger partial charge >= 0.3 is 0 Å². The minimum Gasteiger partial charge on any atom is -0.496 e. The number of anilines is 1. The van der Waals surface area contributed by atoms with Crippen molar-refractivity contribution in [2.45, 2.75) is 89.0 Å². The lowest BCUT2D eigenvalue weighted by Gasteiger charge is -2.32. The number of fused-ring (bicyclic) bond motifs is 1. The average molecular weight is 767 g/mol. The van der Waals surface area contributed by atoms with Gasteiger partial charge in [0.2, 0.25) is 5.91 Å². The molecule has 56 heavy (non-hydrogen) atoms. The summed E-state index contributed by atoms with van der Waals surface area (Å²) in [6, 6.07) is 11.9. The molecule has 4 aromatic rings. The summed E-state index contributed by atoms with van der Waals surface area (Å²) in [7, 11) is 4.92. The summed E-state index contributed by atoms with van der Waals surface area (Å²) in [5.41, 5.74) is 4.99. The number of carbonyl (C=O) groups excluding carboxylic acids is 4. The monoisotopic (exact) mass is 766 g/mol. The standard InChI is InChI=1S/C43H54N6O7/c1-48-27-36(35-25-45-47-42(35)43(48)54)30-22-39(55-2)34(40(23-30)56-3)9-7-10-41(53)44-19-6-4-5-8-33(51)26-49-20-17-29(18-21-49)28-11-13-31(14-12-28)46-37-16-15-32(50)24-38(37)52/h11-14,22-23,25,27,29,37,46H,4-10,15-21,24,26H2,1-3H3,(H,44,53)(H,45,47). The van der Waals surface area contributed by atoms with Crippen LogP contribution >= 0.6 is 0 Å². The molecule has 3 N–H and O–H groups in total. The zero-order valence-corrected chi connectivity index (χ0v) is 32.8. The maximum absolute atomic E-state index is 12.7. The van der Waals surface area contributed by atoms with Gasteiger partial charge in [-0.3, -0.25) is 34.0 Å². The fourth-order valence-electron chi connectivity index (χ4n) is 7.96. The van der Waals surface area contributed by atoms with E-state index in [9.17, 15) is 24.0 Å². The first-order valence-corrected chi connectivity index (χ1v) is 19.8. The Labute approximate surface area is 327 Å². The van der Waals surface area contributed by atoms with E-state index in [0.29, 0.717) is 79.9 Å². The molecule has 1 saturated carbocycles. The molecule has 1 saturated heterocycles. The van der Waals surface area contributed by atoms with Crippen LogP contribution in [0.2, 0.25) is 0 Å². The third-order valence-electron chi connectivity index (χ3n) is 11.2. The topological polar surface area (TPSA) is 165 Å². The molecule has 3 heterocycles. The number of methoxy groups -OCH3 is 2. The molecule has 0 spiro atoms. The van der Waals surface area contributed by atoms with Gasteiger partial charge in [0, 0.05) is 61.3 Å². The van der Waals surface area contributed by atoms with E-state index in [4.69, 9.17) is 9.47 Å². The number of unbranched alkanes of at least 4 members (excludes halogenated alkanes) is 2. The molecule has 1 unspecified atom stereocenters. The van der Waals surface area contributed by atoms with E-state index in [1.54, 1.807) is 33.7 Å². The number of nitrogens with one attached hydrogen (secondary N) is 3. The number of likely N-dealkylation sites (tertiary alicyclic amines) is 1. The molecule has 13 heteroatoms. The van der Waals surface area contributed by atoms with E-state index in [1.165, 1.54) is 10.1 Å². The van der Waals surface area contributed by atoms with Crippen molar-refractivity contribution in [1.82, 2.24) is 25.0 Å². The molecule has 2 aliphatic rings. The SMILES string of the molecule is COc1cc(-c2cn(C)c(=O)c3[nH]ncc23)cc(OC)c1CCCC(=O)NCCCCCC(=O)CN1CCC(c2ccc(NC3CCC(=O)CC3=O)cc2)CC1. The zero-order chi connectivity index (χ0) is 39.6. The van der Waals surface area contributed by atoms with Gasteiger partial charge in [-0.05, 0) is 99.3 Å². The number of H-pyrrole nitrogens is 1. The average Bonchev–Trinajstić information content (AvgIpc) is 3.70. The van der Waals surface area contributed by atoms with E-state index in [0.717, 1.165) is 67.6 Å². The number of amides is 1. The van der Waals surface area contributed by atoms with Crippen LogP contribution in [0, 0.1) is 0 Å². The molecule has 2 aromatic heterocycles. The minimum absolute atomic E-state index is 0.00568. The van der Waals surface area contributed by atoms with Crippen LogP contribution in [0.15, 0.2) is 53.6 Å². The molecule has 0 radical (unpaired) electrons. The predicted octanol–water partition coefficient (Wildman–Crippen LogP) is 5.50. The number of Topliss-reactive ketones (excluding diaryl/α,β-unsaturated/α-hetero) is 3. The third kappa shape index (κ3) is 10.1. The summed E-state index contributed by atoms with van der Waals surface area (Å²) in [6.07, 6.45) is 11.1. The lowest BCUT2D eigenvalue weighted by atomic mass is 9.89. The van der Waals surface area contributed by atoms with Gasteiger partial charge in [0.05, 0.1) is 39.4 Å². The highest BCUT2D eigenvalue weighted by atomic mass is 16.5. The summed E-state index contributed by atoms with van der Waals surface area (Å²) in [5, 5.41) is 13.9. The van der Waals surface area contributed by atoms with Crippen molar-refractivity contribution in [3.8, 4) is 22.6 Å². The molecule has 6 rings (SSSR count). The van der Waals surface area contributed by atoms with Gasteiger partial charge in [-0.2, -0.15) is 5.10 Å². The lowest BCUT2D eigenvalue weighted by molar-refractivity contribution is -0.130. The first kappa shape index (κ1) is 40.4. The molecule has 1 amide bonds. The molecule has 2 fully saturated rings. The number of ether oxygens (including phenoxy) is 2. The van der Waals surface area contributed by atoms with Gasteiger partial charge in [0.1, 0.15) is 28.6 Å². The number of aromatic nitrogens is 3. The molecular formula is C43H54N6O7. The summed E-state index contributed by atoms with van der Waals surface area (Å²) >= 11 is 0. The second-order valence-corrected chi connectivity index (χ2v) is 15.1. The highest BCUT2D eigenvalue weighted by Gasteiger charge is 2.27. The maximum Gasteiger partial charge on any atom is 0.276 e. The number of hydrogen-bond donors (Lipinski definition) is 3. The second-order valence-electron chi connectivity index (χ2n) is 15.1. The Hall–Kier alpha value is -5.30. The number of hydrogen-bond acceptors (Lipinski definition) is 10. The van der Waals surface area contributed by atoms with Crippen molar-refractivity contribution in [3.05, 3.63) is 70.3 Å². The molecule has 0 bridgehead atoms. The second kappa shape index (κ2) is 19.0. The van der Waals surface area contributed by atoms with E-state index in [2.05, 4.69) is 37.9 Å². The van der Waals surface area contributed by atoms with Crippen LogP contribution in [0.5, 0.6) is 11.5 Å². The van der Waals surface area contributed by atoms with E-state index >= 15 is 0 Å². The van der Waals surface area contributed by atoms with Crippen molar-refractivity contribution in [3.63, 3.8) is 0 Å². The van der Waals surface area contributed by atoms with Crippen LogP contribution < -0.4 is 25.7 Å². The van der Waals surface area contributed by atoms with E-state index < -0.39 is 0 Å². The fourth-order valence-corrected chi connectivity index (χ4v) is 7.96. The molecule has 1 atom stereocenters. The quantitative estimate of drug-likeness (QED) is 0.0871. The van der Waals surface area contributed by atoms with Crippen molar-refractivity contribution >= 4 is 39.8 Å². The van der Waals surface area contributed by atoms with Crippen LogP contribution in [0.25, 0.3) is 22.0 Å². The van der Waals surface area contributed by atoms with E-state index in [-0.39, 0.29) is 41.3 Å². The number of carbonyl (C=O) groups is 4. The molecule has 298 valence electrons. The van der Waals surface area contributed by atoms with Crippen molar-refractivity contribution < 1.29 is 28.7 Å². The van der Waals surface area contributed by atoms with Crippen LogP contribution in [0.4, 0.5) is 5.69 Å². The van der Waals surface area contributed by atoms with Crippen LogP contribution in [0.1, 0.15) is 87.7 Å². The third-order valence-corrected chi connectivity index (χ3v) is 11.2. The number of rotatable bonds is 18. The van der Waals surface area contributed by atoms with Crippen LogP contribution in [-0.2, 0) is 32.6 Å². The summed E-state index contributed by atoms with van der Waals surface area (Å²) < 4.78 is 13.0. The number of aromatic amines is 1. The number of benzene rings is 2. The normalized spacial score (nSPS) is 16.6. The van der Waals surface area contributed by atoms with Crippen LogP contribution in [0.3, 0.4) is 0 Å². The number of nitrogens with zero attached hydrogens (tertiary/aromatic N) is 3. The first-order chi connectivity index (χ1) is 27.1. The molecular weight excluding hydrogens is 713 g/mol. The van der Waals surface area contributed by atoms with Crippen LogP contribution in [-0.4, -0.2) is 89.4 Å². The Morgan fingerprint density at radius 1 is 0.929 bits per heavy atom. The Morgan fingerprint density at radius 2 is 1.66 bits per heavy atom. The molecule has 1 aliphatic heterocycles. The van der Waals surface area contributed by atoms with Crippen molar-refractivity contribution in [1.29, 1.82) is 0 Å². The van der Waals surface area contributed by atoms with Gasteiger partial charge < -0.3 is 24.7 Å². The Bertz CT molecular complexity index is 2060. The van der Waals surface area contributed by atoms with E-state index in [1.807, 2.05) is 24.3 Å². The van der Waals surface area contributed by atoms with Gasteiger partial charge in [-0.15, -0.1) is 0 Å². The van der Waals surface area contributed by atoms with Crippen molar-refractivity contribution in [2.75, 3.05) is 45.7 Å². The lowest BCUT2D eigenvalue weighted by Crippen LogP contribution is -2.36. The largest absolute Gasteiger partial charge is 0.496 e. The fraction of sp³-hybridized carbons (Fsp3) is 0.488. The maximum atomic E-state index is 12.7. The van der Waals surface area contributed by atoms with Gasteiger partial charge in [0.15, 0.2) is 5.78 Å². The van der Waals surface area contributed by atoms with Gasteiger partial charge in [-0.25, -0.2) is 0 Å². The van der Waals surface area contributed by atoms with Gasteiger partial charge in [-0.1, -0.05) is 18.6 Å². The molecule has 13 nitrogen and oxygen atoms in total. The first-order valence-electron chi connectivity index (χ1n) is 19.8. The molecule has 2 aromatic carbocycles. The number of piperidine rings is 1. The van der Waals surface area contributed by atoms with Crippen molar-refractivity contribution in [2.24, 2.45) is 7.05 Å². The zero-order valence-electron chi connectivity index (χ0n) is 32.8. The summed E-state index contributed by atoms with van der Waals surface area (Å²) in [5.74, 6) is 2.01. The van der Waals surface area contributed by atoms with Gasteiger partial charge in [0.25, 0.3) is 5.56 Å². The number of pyridine rings is 1. The smallest absolute Gasteiger partial charge is 0.276 e. The highest BCUT2D eigenvalue weighted by molar-refractivity contribution is 6.05. The molecule has 1 aliphatic carbocycles. The number of ketones is 3. The Kier molecular flexibility index (Phi) is 13.7. The number of aryl methyl sites for hydroxylation is 1. The highest BCUT2D eigenvalue weighted by Crippen LogP contribution is 2.38. The Balaban J connectivity index is 0.848. The minimum atomic E-state index is -0.285. The summed E-state index contributed by atoms with van der Waals surface area (Å²) in [6.45, 7) is 2.86.